The Morgan fingerprint density at radius 3 is 2.85 bits per heavy atom. The summed E-state index contributed by atoms with van der Waals surface area (Å²) in [6, 6.07) is 0. The van der Waals surface area contributed by atoms with E-state index >= 15 is 0 Å². The zero-order chi connectivity index (χ0) is 9.68. The van der Waals surface area contributed by atoms with Gasteiger partial charge in [0.25, 0.3) is 0 Å². The molecule has 0 spiro atoms. The van der Waals surface area contributed by atoms with Crippen molar-refractivity contribution < 1.29 is 14.7 Å². The second-order valence-electron chi connectivity index (χ2n) is 2.35. The number of hydrogen-bond donors (Lipinski definition) is 0. The number of aromatic carboxylic acids is 1. The van der Waals surface area contributed by atoms with Crippen LogP contribution >= 0.6 is 11.3 Å². The van der Waals surface area contributed by atoms with E-state index < -0.39 is 5.97 Å². The van der Waals surface area contributed by atoms with Gasteiger partial charge in [-0.3, -0.25) is 0 Å². The quantitative estimate of drug-likeness (QED) is 0.468. The lowest BCUT2D eigenvalue weighted by atomic mass is 10.3. The topological polar surface area (TPSA) is 83.0 Å². The maximum atomic E-state index is 10.3. The molecule has 0 aliphatic carbocycles. The van der Waals surface area contributed by atoms with Gasteiger partial charge in [-0.1, -0.05) is 11.3 Å². The van der Waals surface area contributed by atoms with Crippen LogP contribution in [0.4, 0.5) is 0 Å². The number of aromatic nitrogens is 2. The normalized spacial score (nSPS) is 9.85. The van der Waals surface area contributed by atoms with Crippen LogP contribution in [0.3, 0.4) is 0 Å². The lowest BCUT2D eigenvalue weighted by molar-refractivity contribution is -0.255. The zero-order valence-electron chi connectivity index (χ0n) is 6.73. The average Bonchev–Trinajstić information content (AvgIpc) is 2.53. The van der Waals surface area contributed by atoms with Crippen molar-refractivity contribution in [1.29, 1.82) is 0 Å². The number of rotatable bonds is 5. The van der Waals surface area contributed by atoms with Crippen LogP contribution in [0.25, 0.3) is 0 Å². The van der Waals surface area contributed by atoms with E-state index in [1.807, 2.05) is 0 Å². The minimum atomic E-state index is -1.31. The number of carboxylic acids is 1. The third kappa shape index (κ3) is 2.90. The van der Waals surface area contributed by atoms with E-state index in [4.69, 9.17) is 0 Å². The van der Waals surface area contributed by atoms with Crippen LogP contribution in [0.15, 0.2) is 0 Å². The minimum absolute atomic E-state index is 0.110. The summed E-state index contributed by atoms with van der Waals surface area (Å²) >= 11 is 0.991. The van der Waals surface area contributed by atoms with Crippen LogP contribution in [0.2, 0.25) is 0 Å². The number of carbonyl (C=O) groups excluding carboxylic acids is 2. The SMILES string of the molecule is O=CCCCc1nnc(C(=O)[O-])s1. The van der Waals surface area contributed by atoms with Crippen molar-refractivity contribution in [3.63, 3.8) is 0 Å². The maximum Gasteiger partial charge on any atom is 0.163 e. The molecule has 0 aliphatic rings. The van der Waals surface area contributed by atoms with Crippen LogP contribution in [-0.2, 0) is 11.2 Å². The molecule has 0 aromatic carbocycles. The van der Waals surface area contributed by atoms with Crippen molar-refractivity contribution in [1.82, 2.24) is 10.2 Å². The van der Waals surface area contributed by atoms with E-state index in [1.165, 1.54) is 0 Å². The van der Waals surface area contributed by atoms with Crippen LogP contribution in [0.1, 0.15) is 27.7 Å². The molecule has 0 amide bonds. The fourth-order valence-electron chi connectivity index (χ4n) is 0.774. The number of hydrogen-bond acceptors (Lipinski definition) is 6. The number of aldehydes is 1. The third-order valence-corrected chi connectivity index (χ3v) is 2.32. The molecule has 13 heavy (non-hydrogen) atoms. The molecular weight excluding hydrogens is 192 g/mol. The van der Waals surface area contributed by atoms with E-state index in [9.17, 15) is 14.7 Å². The van der Waals surface area contributed by atoms with Gasteiger partial charge in [0.15, 0.2) is 5.01 Å². The average molecular weight is 199 g/mol. The first-order valence-corrected chi connectivity index (χ1v) is 4.53. The molecule has 1 rings (SSSR count). The summed E-state index contributed by atoms with van der Waals surface area (Å²) in [7, 11) is 0. The van der Waals surface area contributed by atoms with Crippen molar-refractivity contribution in [2.75, 3.05) is 0 Å². The fraction of sp³-hybridized carbons (Fsp3) is 0.429. The Kier molecular flexibility index (Phi) is 3.51. The molecule has 0 saturated heterocycles. The third-order valence-electron chi connectivity index (χ3n) is 1.35. The molecule has 70 valence electrons. The molecule has 0 aliphatic heterocycles. The van der Waals surface area contributed by atoms with Gasteiger partial charge in [-0.2, -0.15) is 0 Å². The highest BCUT2D eigenvalue weighted by Crippen LogP contribution is 2.11. The number of unbranched alkanes of at least 4 members (excludes halogenated alkanes) is 1. The Morgan fingerprint density at radius 2 is 2.31 bits per heavy atom. The van der Waals surface area contributed by atoms with Gasteiger partial charge < -0.3 is 14.7 Å². The molecule has 0 bridgehead atoms. The molecule has 6 heteroatoms. The van der Waals surface area contributed by atoms with Gasteiger partial charge in [0, 0.05) is 12.8 Å². The van der Waals surface area contributed by atoms with Gasteiger partial charge in [-0.15, -0.1) is 10.2 Å². The van der Waals surface area contributed by atoms with Gasteiger partial charge >= 0.3 is 0 Å². The van der Waals surface area contributed by atoms with Crippen molar-refractivity contribution in [3.8, 4) is 0 Å². The predicted molar refractivity (Wildman–Crippen MR) is 43.2 cm³/mol. The number of carbonyl (C=O) groups is 2. The summed E-state index contributed by atoms with van der Waals surface area (Å²) in [5.41, 5.74) is 0. The van der Waals surface area contributed by atoms with E-state index in [0.717, 1.165) is 17.6 Å². The summed E-state index contributed by atoms with van der Waals surface area (Å²) < 4.78 is 0. The molecule has 0 saturated carbocycles. The molecule has 0 fully saturated rings. The lowest BCUT2D eigenvalue weighted by Crippen LogP contribution is -2.21. The second kappa shape index (κ2) is 4.66. The fourth-order valence-corrected chi connectivity index (χ4v) is 1.49. The van der Waals surface area contributed by atoms with Gasteiger partial charge in [0.05, 0.1) is 0 Å². The number of carboxylic acid groups (broad SMARTS) is 1. The second-order valence-corrected chi connectivity index (χ2v) is 3.41. The van der Waals surface area contributed by atoms with E-state index in [1.54, 1.807) is 0 Å². The first-order valence-electron chi connectivity index (χ1n) is 3.71. The van der Waals surface area contributed by atoms with Crippen LogP contribution in [-0.4, -0.2) is 22.5 Å². The Bertz CT molecular complexity index is 310. The Hall–Kier alpha value is -1.30. The first kappa shape index (κ1) is 9.79. The van der Waals surface area contributed by atoms with Crippen molar-refractivity contribution in [2.45, 2.75) is 19.3 Å². The smallest absolute Gasteiger partial charge is 0.163 e. The molecule has 0 N–H and O–H groups in total. The first-order chi connectivity index (χ1) is 6.24. The molecule has 0 radical (unpaired) electrons. The minimum Gasteiger partial charge on any atom is -0.542 e. The van der Waals surface area contributed by atoms with Crippen molar-refractivity contribution in [2.24, 2.45) is 0 Å². The Morgan fingerprint density at radius 1 is 1.54 bits per heavy atom. The maximum absolute atomic E-state index is 10.3. The van der Waals surface area contributed by atoms with E-state index in [-0.39, 0.29) is 5.01 Å². The summed E-state index contributed by atoms with van der Waals surface area (Å²) in [6.07, 6.45) is 2.54. The number of aryl methyl sites for hydroxylation is 1. The highest BCUT2D eigenvalue weighted by atomic mass is 32.1. The van der Waals surface area contributed by atoms with Crippen molar-refractivity contribution >= 4 is 23.6 Å². The van der Waals surface area contributed by atoms with Gasteiger partial charge in [-0.05, 0) is 6.42 Å². The van der Waals surface area contributed by atoms with Crippen LogP contribution < -0.4 is 5.11 Å². The Balaban J connectivity index is 2.49. The number of nitrogens with zero attached hydrogens (tertiary/aromatic N) is 2. The predicted octanol–water partition coefficient (Wildman–Crippen LogP) is -0.577. The molecule has 1 aromatic rings. The summed E-state index contributed by atoms with van der Waals surface area (Å²) in [4.78, 5) is 20.3. The molecule has 0 atom stereocenters. The van der Waals surface area contributed by atoms with E-state index in [2.05, 4.69) is 10.2 Å². The molecule has 5 nitrogen and oxygen atoms in total. The van der Waals surface area contributed by atoms with E-state index in [0.29, 0.717) is 24.3 Å². The van der Waals surface area contributed by atoms with Crippen molar-refractivity contribution in [3.05, 3.63) is 10.0 Å². The highest BCUT2D eigenvalue weighted by molar-refractivity contribution is 7.13. The molecule has 1 aromatic heterocycles. The lowest BCUT2D eigenvalue weighted by Gasteiger charge is -1.90. The Labute approximate surface area is 78.4 Å². The van der Waals surface area contributed by atoms with Crippen LogP contribution in [0, 0.1) is 0 Å². The largest absolute Gasteiger partial charge is 0.542 e. The molecule has 0 unspecified atom stereocenters. The zero-order valence-corrected chi connectivity index (χ0v) is 7.54. The monoisotopic (exact) mass is 199 g/mol. The summed E-state index contributed by atoms with van der Waals surface area (Å²) in [5.74, 6) is -1.31. The van der Waals surface area contributed by atoms with Gasteiger partial charge in [-0.25, -0.2) is 0 Å². The highest BCUT2D eigenvalue weighted by Gasteiger charge is 2.03. The molecular formula is C7H7N2O3S-. The van der Waals surface area contributed by atoms with Gasteiger partial charge in [0.1, 0.15) is 17.3 Å². The summed E-state index contributed by atoms with van der Waals surface area (Å²) in [6.45, 7) is 0. The summed E-state index contributed by atoms with van der Waals surface area (Å²) in [5, 5.41) is 17.9. The van der Waals surface area contributed by atoms with Gasteiger partial charge in [0.2, 0.25) is 0 Å². The van der Waals surface area contributed by atoms with Crippen LogP contribution in [0.5, 0.6) is 0 Å². The molecule has 1 heterocycles. The standard InChI is InChI=1S/C7H8N2O3S/c10-4-2-1-3-5-8-9-6(13-5)7(11)12/h4H,1-3H2,(H,11,12)/p-1.